The number of aliphatic imine (C=N–C) groups is 1. The molecule has 9 nitrogen and oxygen atoms in total. The number of amidine groups is 3. The maximum atomic E-state index is 12.3. The molecule has 0 spiro atoms. The molecule has 1 aliphatic rings. The summed E-state index contributed by atoms with van der Waals surface area (Å²) >= 11 is 0. The standard InChI is InChI=1S/C23H30N6O3S/c1-23(2,3)19(15-11-8-7-9-12-15)26-21-20(27-33(31,32)28-21)25-17-14-10-13-16(18(17)30)22(24-4)29(5)6/h7-14,19,30H,1-6H3,(H,25,27)(H,26,28)/b24-22-/t19-/m0/s1. The first kappa shape index (κ1) is 24.2. The Bertz CT molecular complexity index is 1210. The van der Waals surface area contributed by atoms with Gasteiger partial charge < -0.3 is 20.6 Å². The van der Waals surface area contributed by atoms with Crippen molar-refractivity contribution in [3.8, 4) is 5.75 Å². The van der Waals surface area contributed by atoms with Crippen molar-refractivity contribution in [2.75, 3.05) is 26.5 Å². The van der Waals surface area contributed by atoms with Crippen LogP contribution in [0.3, 0.4) is 0 Å². The molecule has 33 heavy (non-hydrogen) atoms. The van der Waals surface area contributed by atoms with Crippen LogP contribution in [0.4, 0.5) is 5.69 Å². The summed E-state index contributed by atoms with van der Waals surface area (Å²) in [6, 6.07) is 14.6. The van der Waals surface area contributed by atoms with Gasteiger partial charge in [0.2, 0.25) is 0 Å². The first-order chi connectivity index (χ1) is 15.4. The van der Waals surface area contributed by atoms with Crippen LogP contribution in [0.15, 0.2) is 62.3 Å². The van der Waals surface area contributed by atoms with Crippen LogP contribution in [0, 0.1) is 5.41 Å². The number of nitrogens with one attached hydrogen (secondary N) is 2. The summed E-state index contributed by atoms with van der Waals surface area (Å²) in [6.45, 7) is 6.15. The van der Waals surface area contributed by atoms with Gasteiger partial charge in [-0.15, -0.1) is 8.80 Å². The minimum absolute atomic E-state index is 0.00692. The van der Waals surface area contributed by atoms with E-state index in [1.807, 2.05) is 65.2 Å². The highest BCUT2D eigenvalue weighted by atomic mass is 32.2. The fourth-order valence-electron chi connectivity index (χ4n) is 3.61. The quantitative estimate of drug-likeness (QED) is 0.359. The second-order valence-corrected chi connectivity index (χ2v) is 10.2. The Morgan fingerprint density at radius 2 is 1.67 bits per heavy atom. The van der Waals surface area contributed by atoms with E-state index in [9.17, 15) is 13.5 Å². The minimum atomic E-state index is -4.06. The summed E-state index contributed by atoms with van der Waals surface area (Å²) in [5.41, 5.74) is 1.50. The molecule has 3 rings (SSSR count). The van der Waals surface area contributed by atoms with Crippen LogP contribution < -0.4 is 10.6 Å². The fourth-order valence-corrected chi connectivity index (χ4v) is 4.38. The van der Waals surface area contributed by atoms with E-state index in [0.717, 1.165) is 5.56 Å². The van der Waals surface area contributed by atoms with Gasteiger partial charge in [0, 0.05) is 21.1 Å². The van der Waals surface area contributed by atoms with E-state index in [1.165, 1.54) is 0 Å². The summed E-state index contributed by atoms with van der Waals surface area (Å²) in [6.07, 6.45) is 0. The average Bonchev–Trinajstić information content (AvgIpc) is 3.02. The lowest BCUT2D eigenvalue weighted by Gasteiger charge is -2.32. The van der Waals surface area contributed by atoms with Crippen molar-refractivity contribution >= 4 is 33.4 Å². The largest absolute Gasteiger partial charge is 0.505 e. The molecule has 10 heteroatoms. The Hall–Kier alpha value is -3.40. The molecule has 3 N–H and O–H groups in total. The van der Waals surface area contributed by atoms with E-state index in [0.29, 0.717) is 11.4 Å². The van der Waals surface area contributed by atoms with Gasteiger partial charge in [0.05, 0.1) is 17.3 Å². The summed E-state index contributed by atoms with van der Waals surface area (Å²) < 4.78 is 32.1. The number of hydrogen-bond donors (Lipinski definition) is 3. The number of para-hydroxylation sites is 1. The molecule has 176 valence electrons. The Morgan fingerprint density at radius 1 is 1.03 bits per heavy atom. The number of aromatic hydroxyl groups is 1. The average molecular weight is 471 g/mol. The highest BCUT2D eigenvalue weighted by Crippen LogP contribution is 2.34. The van der Waals surface area contributed by atoms with Crippen LogP contribution in [0.25, 0.3) is 0 Å². The Labute approximate surface area is 195 Å². The summed E-state index contributed by atoms with van der Waals surface area (Å²) in [5, 5.41) is 17.1. The lowest BCUT2D eigenvalue weighted by Crippen LogP contribution is -2.41. The number of benzene rings is 2. The SMILES string of the molecule is C/N=C(/c1cccc(NC2=NS(=O)(=O)N=C2N[C@@H](c2ccccc2)C(C)(C)C)c1O)N(C)C. The number of phenols is 1. The number of phenolic OH excluding ortho intramolecular Hbond substituents is 1. The van der Waals surface area contributed by atoms with Gasteiger partial charge >= 0.3 is 10.2 Å². The van der Waals surface area contributed by atoms with E-state index in [-0.39, 0.29) is 34.6 Å². The van der Waals surface area contributed by atoms with E-state index >= 15 is 0 Å². The topological polar surface area (TPSA) is 119 Å². The third-order valence-electron chi connectivity index (χ3n) is 5.08. The second-order valence-electron chi connectivity index (χ2n) is 8.95. The molecule has 0 aliphatic carbocycles. The summed E-state index contributed by atoms with van der Waals surface area (Å²) in [4.78, 5) is 6.00. The van der Waals surface area contributed by atoms with Gasteiger partial charge in [-0.25, -0.2) is 0 Å². The molecule has 2 aromatic carbocycles. The monoisotopic (exact) mass is 470 g/mol. The number of hydrogen-bond acceptors (Lipinski definition) is 6. The van der Waals surface area contributed by atoms with Crippen molar-refractivity contribution in [2.24, 2.45) is 19.2 Å². The van der Waals surface area contributed by atoms with Crippen LogP contribution in [-0.2, 0) is 10.2 Å². The van der Waals surface area contributed by atoms with Gasteiger partial charge in [0.1, 0.15) is 11.6 Å². The lowest BCUT2D eigenvalue weighted by molar-refractivity contribution is 0.303. The molecule has 0 saturated heterocycles. The molecular weight excluding hydrogens is 440 g/mol. The van der Waals surface area contributed by atoms with Gasteiger partial charge in [-0.05, 0) is 23.1 Å². The highest BCUT2D eigenvalue weighted by molar-refractivity contribution is 7.89. The third kappa shape index (κ3) is 5.51. The summed E-state index contributed by atoms with van der Waals surface area (Å²) in [5.74, 6) is 0.586. The lowest BCUT2D eigenvalue weighted by atomic mass is 9.82. The normalized spacial score (nSPS) is 16.6. The first-order valence-corrected chi connectivity index (χ1v) is 11.8. The minimum Gasteiger partial charge on any atom is -0.505 e. The molecule has 0 amide bonds. The molecule has 1 aliphatic heterocycles. The number of nitrogens with zero attached hydrogens (tertiary/aromatic N) is 4. The molecule has 0 fully saturated rings. The van der Waals surface area contributed by atoms with E-state index in [4.69, 9.17) is 0 Å². The fraction of sp³-hybridized carbons (Fsp3) is 0.348. The Kier molecular flexibility index (Phi) is 6.78. The van der Waals surface area contributed by atoms with Crippen LogP contribution in [0.1, 0.15) is 37.9 Å². The molecule has 0 unspecified atom stereocenters. The molecule has 1 atom stereocenters. The maximum Gasteiger partial charge on any atom is 0.367 e. The van der Waals surface area contributed by atoms with Crippen molar-refractivity contribution in [1.82, 2.24) is 10.2 Å². The zero-order valence-electron chi connectivity index (χ0n) is 19.7. The van der Waals surface area contributed by atoms with Crippen molar-refractivity contribution in [1.29, 1.82) is 0 Å². The third-order valence-corrected chi connectivity index (χ3v) is 5.91. The van der Waals surface area contributed by atoms with Crippen molar-refractivity contribution < 1.29 is 13.5 Å². The smallest absolute Gasteiger partial charge is 0.367 e. The zero-order chi connectivity index (χ0) is 24.4. The molecule has 0 radical (unpaired) electrons. The molecule has 0 saturated carbocycles. The Balaban J connectivity index is 1.97. The van der Waals surface area contributed by atoms with Crippen LogP contribution in [-0.4, -0.2) is 57.1 Å². The maximum absolute atomic E-state index is 12.3. The van der Waals surface area contributed by atoms with Crippen LogP contribution in [0.2, 0.25) is 0 Å². The molecule has 0 bridgehead atoms. The van der Waals surface area contributed by atoms with Gasteiger partial charge in [-0.2, -0.15) is 8.42 Å². The highest BCUT2D eigenvalue weighted by Gasteiger charge is 2.32. The predicted octanol–water partition coefficient (Wildman–Crippen LogP) is 3.17. The van der Waals surface area contributed by atoms with Crippen molar-refractivity contribution in [3.63, 3.8) is 0 Å². The van der Waals surface area contributed by atoms with Gasteiger partial charge in [-0.1, -0.05) is 57.2 Å². The zero-order valence-corrected chi connectivity index (χ0v) is 20.5. The molecule has 1 heterocycles. The molecule has 0 aromatic heterocycles. The van der Waals surface area contributed by atoms with E-state index in [2.05, 4.69) is 24.4 Å². The van der Waals surface area contributed by atoms with Crippen LogP contribution in [0.5, 0.6) is 5.75 Å². The predicted molar refractivity (Wildman–Crippen MR) is 133 cm³/mol. The molecule has 2 aromatic rings. The first-order valence-electron chi connectivity index (χ1n) is 10.4. The van der Waals surface area contributed by atoms with Gasteiger partial charge in [-0.3, -0.25) is 4.99 Å². The van der Waals surface area contributed by atoms with E-state index in [1.54, 1.807) is 30.1 Å². The molecular formula is C23H30N6O3S. The van der Waals surface area contributed by atoms with Crippen molar-refractivity contribution in [3.05, 3.63) is 59.7 Å². The second kappa shape index (κ2) is 9.22. The van der Waals surface area contributed by atoms with E-state index < -0.39 is 10.2 Å². The summed E-state index contributed by atoms with van der Waals surface area (Å²) in [7, 11) is 1.21. The van der Waals surface area contributed by atoms with Crippen LogP contribution >= 0.6 is 0 Å². The Morgan fingerprint density at radius 3 is 2.24 bits per heavy atom. The van der Waals surface area contributed by atoms with Crippen molar-refractivity contribution in [2.45, 2.75) is 26.8 Å². The van der Waals surface area contributed by atoms with Gasteiger partial charge in [0.25, 0.3) is 0 Å². The number of anilines is 1. The van der Waals surface area contributed by atoms with Gasteiger partial charge in [0.15, 0.2) is 11.7 Å². The number of rotatable bonds is 4.